The number of benzene rings is 1. The molecule has 1 aromatic rings. The van der Waals surface area contributed by atoms with Gasteiger partial charge in [-0.2, -0.15) is 0 Å². The Kier molecular flexibility index (Phi) is 5.68. The van der Waals surface area contributed by atoms with Crippen LogP contribution in [0.5, 0.6) is 11.5 Å². The third-order valence-corrected chi connectivity index (χ3v) is 3.78. The van der Waals surface area contributed by atoms with Crippen molar-refractivity contribution in [2.75, 3.05) is 40.4 Å². The Morgan fingerprint density at radius 3 is 2.85 bits per heavy atom. The van der Waals surface area contributed by atoms with Gasteiger partial charge in [-0.25, -0.2) is 0 Å². The third-order valence-electron chi connectivity index (χ3n) is 3.78. The lowest BCUT2D eigenvalue weighted by Crippen LogP contribution is -2.24. The van der Waals surface area contributed by atoms with Crippen LogP contribution in [0.15, 0.2) is 18.2 Å². The molecule has 0 amide bonds. The lowest BCUT2D eigenvalue weighted by atomic mass is 10.1. The molecule has 1 heterocycles. The molecule has 0 spiro atoms. The fraction of sp³-hybridized carbons (Fsp3) is 0.625. The van der Waals surface area contributed by atoms with Crippen molar-refractivity contribution in [3.05, 3.63) is 23.8 Å². The lowest BCUT2D eigenvalue weighted by Gasteiger charge is -2.13. The van der Waals surface area contributed by atoms with Gasteiger partial charge in [-0.1, -0.05) is 6.07 Å². The number of methoxy groups -OCH3 is 1. The lowest BCUT2D eigenvalue weighted by molar-refractivity contribution is 0.310. The quantitative estimate of drug-likeness (QED) is 0.828. The Morgan fingerprint density at radius 1 is 1.35 bits per heavy atom. The van der Waals surface area contributed by atoms with E-state index in [9.17, 15) is 0 Å². The average molecular weight is 278 g/mol. The van der Waals surface area contributed by atoms with Crippen molar-refractivity contribution in [3.8, 4) is 11.5 Å². The summed E-state index contributed by atoms with van der Waals surface area (Å²) in [5.41, 5.74) is 1.24. The second-order valence-electron chi connectivity index (χ2n) is 5.47. The maximum absolute atomic E-state index is 5.60. The zero-order chi connectivity index (χ0) is 14.4. The molecule has 1 aliphatic rings. The van der Waals surface area contributed by atoms with Gasteiger partial charge < -0.3 is 19.7 Å². The van der Waals surface area contributed by atoms with Gasteiger partial charge in [0.2, 0.25) is 0 Å². The molecule has 4 heteroatoms. The van der Waals surface area contributed by atoms with E-state index in [1.807, 2.05) is 13.0 Å². The van der Waals surface area contributed by atoms with E-state index in [1.165, 1.54) is 25.1 Å². The van der Waals surface area contributed by atoms with Crippen molar-refractivity contribution >= 4 is 0 Å². The van der Waals surface area contributed by atoms with Gasteiger partial charge in [-0.3, -0.25) is 0 Å². The molecule has 0 aromatic heterocycles. The van der Waals surface area contributed by atoms with Crippen LogP contribution in [0.3, 0.4) is 0 Å². The van der Waals surface area contributed by atoms with Crippen LogP contribution < -0.4 is 14.8 Å². The van der Waals surface area contributed by atoms with Crippen molar-refractivity contribution in [1.29, 1.82) is 0 Å². The van der Waals surface area contributed by atoms with Crippen LogP contribution in [0.1, 0.15) is 18.9 Å². The maximum Gasteiger partial charge on any atom is 0.161 e. The molecule has 1 aliphatic heterocycles. The third kappa shape index (κ3) is 4.12. The topological polar surface area (TPSA) is 33.7 Å². The van der Waals surface area contributed by atoms with E-state index < -0.39 is 0 Å². The molecule has 20 heavy (non-hydrogen) atoms. The summed E-state index contributed by atoms with van der Waals surface area (Å²) in [6.07, 6.45) is 1.30. The van der Waals surface area contributed by atoms with Crippen LogP contribution in [-0.4, -0.2) is 45.3 Å². The number of hydrogen-bond acceptors (Lipinski definition) is 4. The van der Waals surface area contributed by atoms with Crippen molar-refractivity contribution < 1.29 is 9.47 Å². The number of nitrogens with zero attached hydrogens (tertiary/aromatic N) is 1. The molecular formula is C16H26N2O2. The highest BCUT2D eigenvalue weighted by atomic mass is 16.5. The summed E-state index contributed by atoms with van der Waals surface area (Å²) in [5.74, 6) is 2.41. The van der Waals surface area contributed by atoms with Gasteiger partial charge in [0, 0.05) is 13.1 Å². The van der Waals surface area contributed by atoms with Crippen LogP contribution >= 0.6 is 0 Å². The van der Waals surface area contributed by atoms with Crippen LogP contribution in [0.4, 0.5) is 0 Å². The zero-order valence-electron chi connectivity index (χ0n) is 12.8. The fourth-order valence-electron chi connectivity index (χ4n) is 2.71. The molecule has 0 radical (unpaired) electrons. The van der Waals surface area contributed by atoms with Crippen molar-refractivity contribution in [1.82, 2.24) is 10.2 Å². The first-order valence-electron chi connectivity index (χ1n) is 7.42. The first-order valence-corrected chi connectivity index (χ1v) is 7.42. The molecular weight excluding hydrogens is 252 g/mol. The van der Waals surface area contributed by atoms with E-state index in [4.69, 9.17) is 9.47 Å². The molecule has 0 aliphatic carbocycles. The normalized spacial score (nSPS) is 19.2. The van der Waals surface area contributed by atoms with E-state index in [2.05, 4.69) is 29.4 Å². The minimum Gasteiger partial charge on any atom is -0.493 e. The van der Waals surface area contributed by atoms with E-state index >= 15 is 0 Å². The summed E-state index contributed by atoms with van der Waals surface area (Å²) in [5, 5.41) is 3.55. The van der Waals surface area contributed by atoms with Gasteiger partial charge in [0.25, 0.3) is 0 Å². The predicted molar refractivity (Wildman–Crippen MR) is 81.5 cm³/mol. The molecule has 1 aromatic carbocycles. The number of nitrogens with one attached hydrogen (secondary N) is 1. The van der Waals surface area contributed by atoms with Crippen molar-refractivity contribution in [2.45, 2.75) is 19.9 Å². The molecule has 1 N–H and O–H groups in total. The Hall–Kier alpha value is -1.26. The highest BCUT2D eigenvalue weighted by Crippen LogP contribution is 2.28. The second-order valence-corrected chi connectivity index (χ2v) is 5.47. The van der Waals surface area contributed by atoms with Crippen LogP contribution in [0.25, 0.3) is 0 Å². The fourth-order valence-corrected chi connectivity index (χ4v) is 2.71. The smallest absolute Gasteiger partial charge is 0.161 e. The molecule has 1 atom stereocenters. The number of likely N-dealkylation sites (tertiary alicyclic amines) is 1. The Labute approximate surface area is 122 Å². The molecule has 1 fully saturated rings. The van der Waals surface area contributed by atoms with Crippen LogP contribution in [-0.2, 0) is 6.54 Å². The summed E-state index contributed by atoms with van der Waals surface area (Å²) in [6.45, 7) is 7.04. The predicted octanol–water partition coefficient (Wildman–Crippen LogP) is 2.14. The van der Waals surface area contributed by atoms with E-state index in [0.29, 0.717) is 6.61 Å². The number of ether oxygens (including phenoxy) is 2. The van der Waals surface area contributed by atoms with Crippen LogP contribution in [0, 0.1) is 5.92 Å². The average Bonchev–Trinajstić information content (AvgIpc) is 2.85. The molecule has 4 nitrogen and oxygen atoms in total. The molecule has 1 unspecified atom stereocenters. The second kappa shape index (κ2) is 7.50. The standard InChI is InChI=1S/C16H26N2O2/c1-4-20-16-9-13(5-6-15(16)19-3)10-17-11-14-7-8-18(2)12-14/h5-6,9,14,17H,4,7-8,10-12H2,1-3H3. The SMILES string of the molecule is CCOc1cc(CNCC2CCN(C)C2)ccc1OC. The van der Waals surface area contributed by atoms with E-state index in [1.54, 1.807) is 7.11 Å². The first kappa shape index (κ1) is 15.1. The maximum atomic E-state index is 5.60. The van der Waals surface area contributed by atoms with Gasteiger partial charge in [-0.15, -0.1) is 0 Å². The summed E-state index contributed by atoms with van der Waals surface area (Å²) < 4.78 is 10.9. The summed E-state index contributed by atoms with van der Waals surface area (Å²) in [6, 6.07) is 6.14. The molecule has 1 saturated heterocycles. The van der Waals surface area contributed by atoms with Gasteiger partial charge in [-0.05, 0) is 57.1 Å². The zero-order valence-corrected chi connectivity index (χ0v) is 12.8. The van der Waals surface area contributed by atoms with Gasteiger partial charge in [0.15, 0.2) is 11.5 Å². The van der Waals surface area contributed by atoms with Gasteiger partial charge in [0.1, 0.15) is 0 Å². The highest BCUT2D eigenvalue weighted by Gasteiger charge is 2.18. The minimum atomic E-state index is 0.654. The van der Waals surface area contributed by atoms with Crippen molar-refractivity contribution in [2.24, 2.45) is 5.92 Å². The largest absolute Gasteiger partial charge is 0.493 e. The summed E-state index contributed by atoms with van der Waals surface area (Å²) in [7, 11) is 3.87. The molecule has 0 saturated carbocycles. The number of rotatable bonds is 7. The van der Waals surface area contributed by atoms with Crippen molar-refractivity contribution in [3.63, 3.8) is 0 Å². The number of hydrogen-bond donors (Lipinski definition) is 1. The minimum absolute atomic E-state index is 0.654. The summed E-state index contributed by atoms with van der Waals surface area (Å²) in [4.78, 5) is 2.40. The Balaban J connectivity index is 1.84. The highest BCUT2D eigenvalue weighted by molar-refractivity contribution is 5.42. The van der Waals surface area contributed by atoms with E-state index in [-0.39, 0.29) is 0 Å². The molecule has 0 bridgehead atoms. The molecule has 112 valence electrons. The van der Waals surface area contributed by atoms with Gasteiger partial charge >= 0.3 is 0 Å². The Morgan fingerprint density at radius 2 is 2.20 bits per heavy atom. The first-order chi connectivity index (χ1) is 9.72. The Bertz CT molecular complexity index is 423. The monoisotopic (exact) mass is 278 g/mol. The van der Waals surface area contributed by atoms with Crippen LogP contribution in [0.2, 0.25) is 0 Å². The van der Waals surface area contributed by atoms with Gasteiger partial charge in [0.05, 0.1) is 13.7 Å². The summed E-state index contributed by atoms with van der Waals surface area (Å²) >= 11 is 0. The van der Waals surface area contributed by atoms with E-state index in [0.717, 1.165) is 30.5 Å². The molecule has 2 rings (SSSR count).